The van der Waals surface area contributed by atoms with Gasteiger partial charge in [-0.05, 0) is 18.0 Å². The number of hydrogen-bond donors (Lipinski definition) is 0. The van der Waals surface area contributed by atoms with Crippen LogP contribution < -0.4 is 0 Å². The zero-order valence-electron chi connectivity index (χ0n) is 6.75. The quantitative estimate of drug-likeness (QED) is 0.207. The number of alkyl halides is 1. The van der Waals surface area contributed by atoms with E-state index in [4.69, 9.17) is 11.6 Å². The molecule has 1 atom stereocenters. The standard InChI is InChI=1S/C7H14ClNO2/c1-2-3-4-5-6-7(8)9(10)11/h7H,2-6H2,1H3. The van der Waals surface area contributed by atoms with Gasteiger partial charge in [-0.1, -0.05) is 26.2 Å². The summed E-state index contributed by atoms with van der Waals surface area (Å²) >= 11 is 5.40. The first-order chi connectivity index (χ1) is 5.18. The monoisotopic (exact) mass is 179 g/mol. The van der Waals surface area contributed by atoms with Crippen LogP contribution in [0, 0.1) is 10.1 Å². The van der Waals surface area contributed by atoms with Crippen LogP contribution in [0.1, 0.15) is 39.0 Å². The topological polar surface area (TPSA) is 43.1 Å². The summed E-state index contributed by atoms with van der Waals surface area (Å²) in [5, 5.41) is 10.0. The van der Waals surface area contributed by atoms with E-state index in [1.54, 1.807) is 0 Å². The minimum atomic E-state index is -0.883. The van der Waals surface area contributed by atoms with Gasteiger partial charge in [-0.25, -0.2) is 0 Å². The molecule has 0 saturated heterocycles. The Morgan fingerprint density at radius 1 is 1.45 bits per heavy atom. The van der Waals surface area contributed by atoms with Crippen molar-refractivity contribution in [1.82, 2.24) is 0 Å². The van der Waals surface area contributed by atoms with Crippen molar-refractivity contribution in [2.45, 2.75) is 44.5 Å². The van der Waals surface area contributed by atoms with Gasteiger partial charge in [-0.2, -0.15) is 0 Å². The summed E-state index contributed by atoms with van der Waals surface area (Å²) in [6, 6.07) is 0. The fourth-order valence-corrected chi connectivity index (χ4v) is 0.999. The van der Waals surface area contributed by atoms with E-state index in [-0.39, 0.29) is 0 Å². The number of hydrogen-bond acceptors (Lipinski definition) is 2. The number of unbranched alkanes of at least 4 members (excludes halogenated alkanes) is 3. The SMILES string of the molecule is CCCCCCC(Cl)[N+](=O)[O-]. The molecule has 0 aliphatic carbocycles. The van der Waals surface area contributed by atoms with Gasteiger partial charge in [0.25, 0.3) is 5.50 Å². The fraction of sp³-hybridized carbons (Fsp3) is 1.00. The van der Waals surface area contributed by atoms with E-state index in [2.05, 4.69) is 6.92 Å². The lowest BCUT2D eigenvalue weighted by molar-refractivity contribution is -0.499. The van der Waals surface area contributed by atoms with Gasteiger partial charge in [-0.15, -0.1) is 0 Å². The molecule has 0 saturated carbocycles. The molecule has 0 aromatic heterocycles. The van der Waals surface area contributed by atoms with E-state index in [9.17, 15) is 10.1 Å². The van der Waals surface area contributed by atoms with Crippen molar-refractivity contribution < 1.29 is 4.92 Å². The minimum Gasteiger partial charge on any atom is -0.263 e. The van der Waals surface area contributed by atoms with Crippen LogP contribution in [0.5, 0.6) is 0 Å². The third-order valence-electron chi connectivity index (χ3n) is 1.52. The van der Waals surface area contributed by atoms with Crippen molar-refractivity contribution in [3.8, 4) is 0 Å². The molecule has 0 N–H and O–H groups in total. The minimum absolute atomic E-state index is 0.437. The molecule has 4 heteroatoms. The molecule has 1 unspecified atom stereocenters. The summed E-state index contributed by atoms with van der Waals surface area (Å²) in [7, 11) is 0. The Hall–Kier alpha value is -0.310. The van der Waals surface area contributed by atoms with Crippen molar-refractivity contribution >= 4 is 11.6 Å². The molecule has 0 rings (SSSR count). The molecule has 0 aliphatic rings. The molecule has 0 aromatic rings. The first-order valence-electron chi connectivity index (χ1n) is 3.96. The van der Waals surface area contributed by atoms with E-state index >= 15 is 0 Å². The maximum absolute atomic E-state index is 10.0. The number of rotatable bonds is 6. The first kappa shape index (κ1) is 10.7. The smallest absolute Gasteiger partial charge is 0.263 e. The lowest BCUT2D eigenvalue weighted by Crippen LogP contribution is -2.11. The maximum atomic E-state index is 10.0. The predicted molar refractivity (Wildman–Crippen MR) is 45.4 cm³/mol. The van der Waals surface area contributed by atoms with E-state index in [0.717, 1.165) is 25.7 Å². The Labute approximate surface area is 71.9 Å². The zero-order chi connectivity index (χ0) is 8.69. The summed E-state index contributed by atoms with van der Waals surface area (Å²) < 4.78 is 0. The summed E-state index contributed by atoms with van der Waals surface area (Å²) in [5.74, 6) is 0. The van der Waals surface area contributed by atoms with E-state index < -0.39 is 10.4 Å². The molecule has 0 spiro atoms. The molecule has 0 amide bonds. The van der Waals surface area contributed by atoms with E-state index in [1.807, 2.05) is 0 Å². The highest BCUT2D eigenvalue weighted by Gasteiger charge is 2.13. The van der Waals surface area contributed by atoms with Crippen molar-refractivity contribution in [2.24, 2.45) is 0 Å². The van der Waals surface area contributed by atoms with Gasteiger partial charge in [0, 0.05) is 11.3 Å². The zero-order valence-corrected chi connectivity index (χ0v) is 7.51. The molecular weight excluding hydrogens is 166 g/mol. The summed E-state index contributed by atoms with van der Waals surface area (Å²) in [6.07, 6.45) is 4.69. The lowest BCUT2D eigenvalue weighted by Gasteiger charge is -2.00. The van der Waals surface area contributed by atoms with Gasteiger partial charge in [0.1, 0.15) is 0 Å². The Kier molecular flexibility index (Phi) is 6.22. The van der Waals surface area contributed by atoms with Crippen LogP contribution in [0.3, 0.4) is 0 Å². The van der Waals surface area contributed by atoms with E-state index in [0.29, 0.717) is 6.42 Å². The summed E-state index contributed by atoms with van der Waals surface area (Å²) in [4.78, 5) is 9.60. The van der Waals surface area contributed by atoms with Crippen LogP contribution in [0.4, 0.5) is 0 Å². The van der Waals surface area contributed by atoms with Gasteiger partial charge in [0.05, 0.1) is 0 Å². The van der Waals surface area contributed by atoms with Gasteiger partial charge in [-0.3, -0.25) is 10.1 Å². The van der Waals surface area contributed by atoms with Crippen LogP contribution in [-0.2, 0) is 0 Å². The highest BCUT2D eigenvalue weighted by atomic mass is 35.5. The third kappa shape index (κ3) is 6.10. The Morgan fingerprint density at radius 3 is 2.55 bits per heavy atom. The Bertz CT molecular complexity index is 119. The largest absolute Gasteiger partial charge is 0.286 e. The van der Waals surface area contributed by atoms with Crippen LogP contribution in [0.25, 0.3) is 0 Å². The third-order valence-corrected chi connectivity index (χ3v) is 1.90. The summed E-state index contributed by atoms with van der Waals surface area (Å²) in [6.45, 7) is 2.10. The Balaban J connectivity index is 3.17. The summed E-state index contributed by atoms with van der Waals surface area (Å²) in [5.41, 5.74) is -0.883. The number of nitrogens with zero attached hydrogens (tertiary/aromatic N) is 1. The lowest BCUT2D eigenvalue weighted by atomic mass is 10.1. The molecule has 0 aromatic carbocycles. The van der Waals surface area contributed by atoms with Crippen LogP contribution in [0.15, 0.2) is 0 Å². The average molecular weight is 180 g/mol. The van der Waals surface area contributed by atoms with Gasteiger partial charge in [0.15, 0.2) is 0 Å². The highest BCUT2D eigenvalue weighted by molar-refractivity contribution is 6.19. The van der Waals surface area contributed by atoms with Crippen LogP contribution in [-0.4, -0.2) is 10.4 Å². The first-order valence-corrected chi connectivity index (χ1v) is 4.39. The molecule has 0 fully saturated rings. The van der Waals surface area contributed by atoms with E-state index in [1.165, 1.54) is 0 Å². The van der Waals surface area contributed by atoms with Gasteiger partial charge < -0.3 is 0 Å². The second-order valence-electron chi connectivity index (χ2n) is 2.57. The Morgan fingerprint density at radius 2 is 2.09 bits per heavy atom. The fourth-order valence-electron chi connectivity index (χ4n) is 0.845. The van der Waals surface area contributed by atoms with Crippen molar-refractivity contribution in [2.75, 3.05) is 0 Å². The normalized spacial score (nSPS) is 12.9. The number of halogens is 1. The van der Waals surface area contributed by atoms with Crippen molar-refractivity contribution in [3.05, 3.63) is 10.1 Å². The number of nitro groups is 1. The molecule has 11 heavy (non-hydrogen) atoms. The molecule has 0 bridgehead atoms. The second kappa shape index (κ2) is 6.40. The maximum Gasteiger partial charge on any atom is 0.286 e. The predicted octanol–water partition coefficient (Wildman–Crippen LogP) is 2.80. The molecule has 0 heterocycles. The second-order valence-corrected chi connectivity index (χ2v) is 3.07. The molecule has 0 radical (unpaired) electrons. The molecular formula is C7H14ClNO2. The molecule has 3 nitrogen and oxygen atoms in total. The van der Waals surface area contributed by atoms with Gasteiger partial charge in [0.2, 0.25) is 0 Å². The molecule has 66 valence electrons. The molecule has 0 aliphatic heterocycles. The van der Waals surface area contributed by atoms with Gasteiger partial charge >= 0.3 is 0 Å². The highest BCUT2D eigenvalue weighted by Crippen LogP contribution is 2.09. The van der Waals surface area contributed by atoms with Crippen LogP contribution in [0.2, 0.25) is 0 Å². The average Bonchev–Trinajstić information content (AvgIpc) is 1.97. The van der Waals surface area contributed by atoms with Crippen LogP contribution >= 0.6 is 11.6 Å². The van der Waals surface area contributed by atoms with Crippen molar-refractivity contribution in [1.29, 1.82) is 0 Å². The van der Waals surface area contributed by atoms with Crippen molar-refractivity contribution in [3.63, 3.8) is 0 Å².